The first kappa shape index (κ1) is 23.6. The number of hydrogen-bond acceptors (Lipinski definition) is 8. The highest BCUT2D eigenvalue weighted by Crippen LogP contribution is 2.38. The van der Waals surface area contributed by atoms with Gasteiger partial charge in [-0.2, -0.15) is 5.26 Å². The van der Waals surface area contributed by atoms with Crippen LogP contribution in [0.1, 0.15) is 18.4 Å². The van der Waals surface area contributed by atoms with Crippen molar-refractivity contribution in [2.24, 2.45) is 11.8 Å². The summed E-state index contributed by atoms with van der Waals surface area (Å²) in [5.41, 5.74) is 1.76. The first-order valence-electron chi connectivity index (χ1n) is 11.1. The molecule has 10 heteroatoms. The topological polar surface area (TPSA) is 156 Å². The molecule has 2 aliphatic rings. The van der Waals surface area contributed by atoms with Crippen LogP contribution >= 0.6 is 0 Å². The number of nitriles is 1. The molecule has 4 N–H and O–H groups in total. The third kappa shape index (κ3) is 5.17. The van der Waals surface area contributed by atoms with E-state index in [4.69, 9.17) is 14.9 Å². The third-order valence-corrected chi connectivity index (χ3v) is 6.22. The Morgan fingerprint density at radius 3 is 2.71 bits per heavy atom. The Hall–Kier alpha value is -3.52. The second-order valence-electron chi connectivity index (χ2n) is 8.54. The van der Waals surface area contributed by atoms with Crippen molar-refractivity contribution in [3.05, 3.63) is 42.1 Å². The molecule has 0 unspecified atom stereocenters. The van der Waals surface area contributed by atoms with Gasteiger partial charge in [-0.15, -0.1) is 0 Å². The van der Waals surface area contributed by atoms with Crippen LogP contribution < -0.4 is 10.1 Å². The highest BCUT2D eigenvalue weighted by atomic mass is 16.5. The van der Waals surface area contributed by atoms with Crippen LogP contribution in [0.5, 0.6) is 5.75 Å². The molecule has 2 amide bonds. The normalized spacial score (nSPS) is 23.6. The van der Waals surface area contributed by atoms with Crippen molar-refractivity contribution < 1.29 is 29.6 Å². The lowest BCUT2D eigenvalue weighted by Crippen LogP contribution is -2.51. The maximum Gasteiger partial charge on any atom is 0.248 e. The minimum Gasteiger partial charge on any atom is -0.486 e. The molecular weight excluding hydrogens is 440 g/mol. The van der Waals surface area contributed by atoms with Crippen molar-refractivity contribution in [1.82, 2.24) is 9.88 Å². The van der Waals surface area contributed by atoms with E-state index < -0.39 is 24.7 Å². The predicted octanol–water partition coefficient (Wildman–Crippen LogP) is 0.520. The molecule has 0 bridgehead atoms. The second kappa shape index (κ2) is 10.2. The van der Waals surface area contributed by atoms with E-state index in [9.17, 15) is 20.0 Å². The number of hydrogen-bond donors (Lipinski definition) is 4. The number of benzene rings is 1. The molecule has 1 aromatic heterocycles. The van der Waals surface area contributed by atoms with Crippen molar-refractivity contribution >= 4 is 17.6 Å². The number of pyridine rings is 1. The largest absolute Gasteiger partial charge is 0.486 e. The number of amides is 2. The van der Waals surface area contributed by atoms with Crippen LogP contribution in [-0.2, 0) is 9.59 Å². The number of piperidine rings is 1. The van der Waals surface area contributed by atoms with Crippen molar-refractivity contribution in [2.75, 3.05) is 31.6 Å². The molecule has 2 fully saturated rings. The summed E-state index contributed by atoms with van der Waals surface area (Å²) in [5, 5.41) is 41.0. The van der Waals surface area contributed by atoms with Gasteiger partial charge >= 0.3 is 0 Å². The van der Waals surface area contributed by atoms with Gasteiger partial charge in [-0.05, 0) is 47.7 Å². The van der Waals surface area contributed by atoms with E-state index in [0.29, 0.717) is 31.0 Å². The van der Waals surface area contributed by atoms with Gasteiger partial charge in [0.2, 0.25) is 11.8 Å². The lowest BCUT2D eigenvalue weighted by atomic mass is 10.0. The second-order valence-corrected chi connectivity index (χ2v) is 8.54. The fraction of sp³-hybridized carbons (Fsp3) is 0.417. The summed E-state index contributed by atoms with van der Waals surface area (Å²) in [4.78, 5) is 29.5. The number of nitrogens with zero attached hydrogens (tertiary/aromatic N) is 3. The fourth-order valence-electron chi connectivity index (χ4n) is 4.10. The molecule has 10 nitrogen and oxygen atoms in total. The quantitative estimate of drug-likeness (QED) is 0.460. The summed E-state index contributed by atoms with van der Waals surface area (Å²) in [6.45, 7) is -0.224. The number of β-amino-alcohol motifs (C(OH)–C–C–N with tert-alkyl or cyclic N) is 1. The van der Waals surface area contributed by atoms with Crippen LogP contribution in [0, 0.1) is 23.2 Å². The van der Waals surface area contributed by atoms with E-state index >= 15 is 0 Å². The molecule has 1 aliphatic carbocycles. The number of nitrogens with one attached hydrogen (secondary N) is 1. The number of carbonyl (C=O) groups excluding carboxylic acids is 2. The Labute approximate surface area is 196 Å². The Morgan fingerprint density at radius 1 is 1.24 bits per heavy atom. The van der Waals surface area contributed by atoms with Crippen molar-refractivity contribution in [3.63, 3.8) is 0 Å². The zero-order valence-electron chi connectivity index (χ0n) is 18.4. The first-order valence-corrected chi connectivity index (χ1v) is 11.1. The summed E-state index contributed by atoms with van der Waals surface area (Å²) < 4.78 is 5.91. The smallest absolute Gasteiger partial charge is 0.248 e. The first-order chi connectivity index (χ1) is 16.4. The molecule has 4 atom stereocenters. The minimum absolute atomic E-state index is 0.00611. The van der Waals surface area contributed by atoms with Gasteiger partial charge in [-0.3, -0.25) is 9.59 Å². The average Bonchev–Trinajstić information content (AvgIpc) is 3.65. The number of ether oxygens (including phenoxy) is 1. The van der Waals surface area contributed by atoms with Crippen LogP contribution in [0.4, 0.5) is 5.82 Å². The van der Waals surface area contributed by atoms with Crippen LogP contribution in [0.2, 0.25) is 0 Å². The Balaban J connectivity index is 1.45. The number of anilines is 1. The summed E-state index contributed by atoms with van der Waals surface area (Å²) in [5.74, 6) is -0.0926. The highest BCUT2D eigenvalue weighted by Gasteiger charge is 2.42. The van der Waals surface area contributed by atoms with Gasteiger partial charge in [0.15, 0.2) is 0 Å². The van der Waals surface area contributed by atoms with Gasteiger partial charge in [-0.1, -0.05) is 6.07 Å². The SMILES string of the molecule is N#Cc1cc(-c2ccnc(NC(=O)[C@@H]3C[C@@H]3CO)c2)ccc1O[C@H]1CCN(C(=O)CO)C[C@H]1O. The molecule has 2 heterocycles. The average molecular weight is 466 g/mol. The Kier molecular flexibility index (Phi) is 7.07. The van der Waals surface area contributed by atoms with E-state index in [0.717, 1.165) is 11.1 Å². The van der Waals surface area contributed by atoms with Gasteiger partial charge < -0.3 is 30.3 Å². The predicted molar refractivity (Wildman–Crippen MR) is 120 cm³/mol. The number of aliphatic hydroxyl groups excluding tert-OH is 3. The molecule has 0 radical (unpaired) electrons. The molecule has 1 saturated carbocycles. The van der Waals surface area contributed by atoms with E-state index in [1.807, 2.05) is 0 Å². The fourth-order valence-corrected chi connectivity index (χ4v) is 4.10. The van der Waals surface area contributed by atoms with E-state index in [1.165, 1.54) is 4.90 Å². The maximum absolute atomic E-state index is 12.3. The number of aliphatic hydroxyl groups is 3. The van der Waals surface area contributed by atoms with Crippen molar-refractivity contribution in [1.29, 1.82) is 5.26 Å². The van der Waals surface area contributed by atoms with E-state index in [2.05, 4.69) is 16.4 Å². The summed E-state index contributed by atoms with van der Waals surface area (Å²) in [7, 11) is 0. The molecule has 34 heavy (non-hydrogen) atoms. The zero-order valence-corrected chi connectivity index (χ0v) is 18.4. The molecular formula is C24H26N4O6. The molecule has 178 valence electrons. The number of rotatable bonds is 7. The van der Waals surface area contributed by atoms with E-state index in [1.54, 1.807) is 36.5 Å². The molecule has 0 spiro atoms. The minimum atomic E-state index is -0.946. The summed E-state index contributed by atoms with van der Waals surface area (Å²) >= 11 is 0. The van der Waals surface area contributed by atoms with Crippen LogP contribution in [0.3, 0.4) is 0 Å². The van der Waals surface area contributed by atoms with Crippen LogP contribution in [0.25, 0.3) is 11.1 Å². The van der Waals surface area contributed by atoms with Gasteiger partial charge in [-0.25, -0.2) is 4.98 Å². The van der Waals surface area contributed by atoms with Gasteiger partial charge in [0.1, 0.15) is 36.5 Å². The van der Waals surface area contributed by atoms with E-state index in [-0.39, 0.29) is 36.5 Å². The Bertz CT molecular complexity index is 1120. The standard InChI is InChI=1S/C24H26N4O6/c25-10-16-7-14(15-3-5-26-22(9-15)27-24(33)18-8-17(18)12-29)1-2-20(16)34-21-4-6-28(11-19(21)31)23(32)13-30/h1-3,5,7,9,17-19,21,29-31H,4,6,8,11-13H2,(H,26,27,33)/t17-,18-,19-,21+/m1/s1. The zero-order chi connectivity index (χ0) is 24.2. The Morgan fingerprint density at radius 2 is 2.03 bits per heavy atom. The van der Waals surface area contributed by atoms with Crippen molar-refractivity contribution in [3.8, 4) is 22.9 Å². The summed E-state index contributed by atoms with van der Waals surface area (Å²) in [6, 6.07) is 10.7. The van der Waals surface area contributed by atoms with Gasteiger partial charge in [0.05, 0.1) is 12.1 Å². The lowest BCUT2D eigenvalue weighted by Gasteiger charge is -2.35. The van der Waals surface area contributed by atoms with Crippen LogP contribution in [0.15, 0.2) is 36.5 Å². The van der Waals surface area contributed by atoms with Gasteiger partial charge in [0.25, 0.3) is 0 Å². The molecule has 4 rings (SSSR count). The van der Waals surface area contributed by atoms with Crippen molar-refractivity contribution in [2.45, 2.75) is 25.0 Å². The summed E-state index contributed by atoms with van der Waals surface area (Å²) in [6.07, 6.45) is 1.06. The monoisotopic (exact) mass is 466 g/mol. The third-order valence-electron chi connectivity index (χ3n) is 6.22. The molecule has 1 aromatic carbocycles. The van der Waals surface area contributed by atoms with Crippen LogP contribution in [-0.4, -0.2) is 75.5 Å². The van der Waals surface area contributed by atoms with Gasteiger partial charge in [0, 0.05) is 31.7 Å². The molecule has 2 aromatic rings. The lowest BCUT2D eigenvalue weighted by molar-refractivity contribution is -0.139. The number of likely N-dealkylation sites (tertiary alicyclic amines) is 1. The highest BCUT2D eigenvalue weighted by molar-refractivity contribution is 5.94. The number of aromatic nitrogens is 1. The molecule has 1 aliphatic heterocycles. The molecule has 1 saturated heterocycles. The maximum atomic E-state index is 12.3. The number of carbonyl (C=O) groups is 2.